The van der Waals surface area contributed by atoms with Gasteiger partial charge in [-0.3, -0.25) is 5.10 Å². The Balaban J connectivity index is 1.87. The topological polar surface area (TPSA) is 75.2 Å². The summed E-state index contributed by atoms with van der Waals surface area (Å²) in [6, 6.07) is 13.0. The minimum Gasteiger partial charge on any atom is -0.497 e. The van der Waals surface area contributed by atoms with Gasteiger partial charge in [-0.1, -0.05) is 18.2 Å². The average Bonchev–Trinajstić information content (AvgIpc) is 3.05. The van der Waals surface area contributed by atoms with Crippen molar-refractivity contribution >= 4 is 5.97 Å². The first-order valence-corrected chi connectivity index (χ1v) is 7.76. The SMILES string of the molecule is COc1ccc2c(c1)CCc1c-2n[nH]c1-c1ccccc1C(=O)O. The number of hydrogen-bond acceptors (Lipinski definition) is 3. The zero-order chi connectivity index (χ0) is 16.7. The minimum absolute atomic E-state index is 0.282. The first kappa shape index (κ1) is 14.5. The number of aromatic nitrogens is 2. The van der Waals surface area contributed by atoms with Crippen LogP contribution in [0, 0.1) is 0 Å². The average molecular weight is 320 g/mol. The number of hydrogen-bond donors (Lipinski definition) is 2. The Morgan fingerprint density at radius 2 is 2.00 bits per heavy atom. The van der Waals surface area contributed by atoms with Gasteiger partial charge in [-0.15, -0.1) is 0 Å². The molecule has 2 aromatic carbocycles. The molecule has 3 aromatic rings. The second kappa shape index (κ2) is 5.53. The predicted octanol–water partition coefficient (Wildman–Crippen LogP) is 3.55. The third kappa shape index (κ3) is 2.17. The zero-order valence-corrected chi connectivity index (χ0v) is 13.2. The van der Waals surface area contributed by atoms with Gasteiger partial charge in [0.15, 0.2) is 0 Å². The van der Waals surface area contributed by atoms with Gasteiger partial charge in [0.05, 0.1) is 24.1 Å². The molecule has 0 unspecified atom stereocenters. The van der Waals surface area contributed by atoms with Crippen molar-refractivity contribution < 1.29 is 14.6 Å². The molecule has 4 rings (SSSR count). The molecule has 5 heteroatoms. The Kier molecular flexibility index (Phi) is 3.34. The van der Waals surface area contributed by atoms with E-state index >= 15 is 0 Å². The molecule has 5 nitrogen and oxygen atoms in total. The van der Waals surface area contributed by atoms with Crippen LogP contribution < -0.4 is 4.74 Å². The summed E-state index contributed by atoms with van der Waals surface area (Å²) in [6.45, 7) is 0. The molecule has 24 heavy (non-hydrogen) atoms. The molecule has 0 fully saturated rings. The van der Waals surface area contributed by atoms with Crippen LogP contribution >= 0.6 is 0 Å². The van der Waals surface area contributed by atoms with E-state index in [0.717, 1.165) is 41.1 Å². The lowest BCUT2D eigenvalue weighted by Gasteiger charge is -2.17. The fourth-order valence-corrected chi connectivity index (χ4v) is 3.34. The number of carboxylic acids is 1. The van der Waals surface area contributed by atoms with Crippen LogP contribution in [0.15, 0.2) is 42.5 Å². The van der Waals surface area contributed by atoms with E-state index in [1.807, 2.05) is 30.3 Å². The lowest BCUT2D eigenvalue weighted by atomic mass is 9.87. The molecular formula is C19H16N2O3. The lowest BCUT2D eigenvalue weighted by Crippen LogP contribution is -2.05. The van der Waals surface area contributed by atoms with Crippen molar-refractivity contribution in [2.75, 3.05) is 7.11 Å². The molecule has 0 bridgehead atoms. The van der Waals surface area contributed by atoms with Crippen LogP contribution in [0.3, 0.4) is 0 Å². The highest BCUT2D eigenvalue weighted by Crippen LogP contribution is 2.39. The van der Waals surface area contributed by atoms with E-state index in [1.54, 1.807) is 19.2 Å². The van der Waals surface area contributed by atoms with E-state index in [-0.39, 0.29) is 5.56 Å². The van der Waals surface area contributed by atoms with Gasteiger partial charge in [0.2, 0.25) is 0 Å². The van der Waals surface area contributed by atoms with Crippen molar-refractivity contribution in [2.24, 2.45) is 0 Å². The monoisotopic (exact) mass is 320 g/mol. The summed E-state index contributed by atoms with van der Waals surface area (Å²) in [4.78, 5) is 11.5. The predicted molar refractivity (Wildman–Crippen MR) is 90.4 cm³/mol. The van der Waals surface area contributed by atoms with Gasteiger partial charge in [-0.2, -0.15) is 5.10 Å². The summed E-state index contributed by atoms with van der Waals surface area (Å²) in [5.41, 5.74) is 6.00. The molecule has 0 amide bonds. The first-order valence-electron chi connectivity index (χ1n) is 7.76. The Morgan fingerprint density at radius 1 is 1.17 bits per heavy atom. The third-order valence-electron chi connectivity index (χ3n) is 4.51. The van der Waals surface area contributed by atoms with E-state index in [1.165, 1.54) is 5.56 Å². The van der Waals surface area contributed by atoms with Gasteiger partial charge in [0.1, 0.15) is 5.75 Å². The van der Waals surface area contributed by atoms with Crippen LogP contribution in [0.1, 0.15) is 21.5 Å². The van der Waals surface area contributed by atoms with Gasteiger partial charge in [-0.25, -0.2) is 4.79 Å². The number of rotatable bonds is 3. The number of aromatic amines is 1. The summed E-state index contributed by atoms with van der Waals surface area (Å²) in [5.74, 6) is -0.0981. The number of aryl methyl sites for hydroxylation is 1. The molecule has 1 aliphatic rings. The fraction of sp³-hybridized carbons (Fsp3) is 0.158. The Bertz CT molecular complexity index is 944. The number of nitrogens with zero attached hydrogens (tertiary/aromatic N) is 1. The van der Waals surface area contributed by atoms with Crippen LogP contribution in [0.25, 0.3) is 22.5 Å². The van der Waals surface area contributed by atoms with Gasteiger partial charge < -0.3 is 9.84 Å². The number of fused-ring (bicyclic) bond motifs is 3. The summed E-state index contributed by atoms with van der Waals surface area (Å²) in [5, 5.41) is 17.0. The number of methoxy groups -OCH3 is 1. The molecule has 0 radical (unpaired) electrons. The van der Waals surface area contributed by atoms with Crippen LogP contribution in [0.4, 0.5) is 0 Å². The standard InChI is InChI=1S/C19H16N2O3/c1-24-12-7-9-13-11(10-12)6-8-16-17(13)20-21-18(16)14-4-2-3-5-15(14)19(22)23/h2-5,7,9-10H,6,8H2,1H3,(H,20,21)(H,22,23). The number of carbonyl (C=O) groups is 1. The summed E-state index contributed by atoms with van der Waals surface area (Å²) < 4.78 is 5.29. The summed E-state index contributed by atoms with van der Waals surface area (Å²) in [7, 11) is 1.66. The van der Waals surface area contributed by atoms with E-state index in [9.17, 15) is 9.90 Å². The second-order valence-corrected chi connectivity index (χ2v) is 5.80. The molecule has 1 aliphatic carbocycles. The van der Waals surface area contributed by atoms with Crippen molar-refractivity contribution in [1.29, 1.82) is 0 Å². The maximum atomic E-state index is 11.5. The molecular weight excluding hydrogens is 304 g/mol. The lowest BCUT2D eigenvalue weighted by molar-refractivity contribution is 0.0697. The quantitative estimate of drug-likeness (QED) is 0.774. The van der Waals surface area contributed by atoms with Crippen molar-refractivity contribution in [3.8, 4) is 28.3 Å². The van der Waals surface area contributed by atoms with Crippen LogP contribution in [0.2, 0.25) is 0 Å². The van der Waals surface area contributed by atoms with Gasteiger partial charge in [0, 0.05) is 16.7 Å². The molecule has 0 aliphatic heterocycles. The smallest absolute Gasteiger partial charge is 0.336 e. The van der Waals surface area contributed by atoms with E-state index in [0.29, 0.717) is 5.56 Å². The third-order valence-corrected chi connectivity index (χ3v) is 4.51. The molecule has 1 heterocycles. The van der Waals surface area contributed by atoms with Gasteiger partial charge in [-0.05, 0) is 42.7 Å². The van der Waals surface area contributed by atoms with Crippen molar-refractivity contribution in [2.45, 2.75) is 12.8 Å². The highest BCUT2D eigenvalue weighted by atomic mass is 16.5. The Morgan fingerprint density at radius 3 is 2.79 bits per heavy atom. The van der Waals surface area contributed by atoms with E-state index in [2.05, 4.69) is 10.2 Å². The number of ether oxygens (including phenoxy) is 1. The maximum Gasteiger partial charge on any atom is 0.336 e. The highest BCUT2D eigenvalue weighted by Gasteiger charge is 2.25. The number of nitrogens with one attached hydrogen (secondary N) is 1. The molecule has 0 spiro atoms. The normalized spacial score (nSPS) is 12.4. The highest BCUT2D eigenvalue weighted by molar-refractivity contribution is 5.96. The molecule has 0 saturated carbocycles. The largest absolute Gasteiger partial charge is 0.497 e. The summed E-state index contributed by atoms with van der Waals surface area (Å²) >= 11 is 0. The fourth-order valence-electron chi connectivity index (χ4n) is 3.34. The number of aromatic carboxylic acids is 1. The van der Waals surface area contributed by atoms with Crippen molar-refractivity contribution in [3.63, 3.8) is 0 Å². The molecule has 2 N–H and O–H groups in total. The van der Waals surface area contributed by atoms with Crippen LogP contribution in [-0.4, -0.2) is 28.4 Å². The van der Waals surface area contributed by atoms with Gasteiger partial charge >= 0.3 is 5.97 Å². The number of H-pyrrole nitrogens is 1. The minimum atomic E-state index is -0.935. The van der Waals surface area contributed by atoms with Crippen molar-refractivity contribution in [3.05, 3.63) is 59.2 Å². The van der Waals surface area contributed by atoms with Crippen molar-refractivity contribution in [1.82, 2.24) is 10.2 Å². The molecule has 120 valence electrons. The Labute approximate surface area is 138 Å². The molecule has 1 aromatic heterocycles. The number of carboxylic acid groups (broad SMARTS) is 1. The Hall–Kier alpha value is -3.08. The van der Waals surface area contributed by atoms with Crippen LogP contribution in [0.5, 0.6) is 5.75 Å². The van der Waals surface area contributed by atoms with Gasteiger partial charge in [0.25, 0.3) is 0 Å². The van der Waals surface area contributed by atoms with Crippen LogP contribution in [-0.2, 0) is 12.8 Å². The summed E-state index contributed by atoms with van der Waals surface area (Å²) in [6.07, 6.45) is 1.69. The van der Waals surface area contributed by atoms with E-state index < -0.39 is 5.97 Å². The maximum absolute atomic E-state index is 11.5. The zero-order valence-electron chi connectivity index (χ0n) is 13.2. The molecule has 0 saturated heterocycles. The van der Waals surface area contributed by atoms with E-state index in [4.69, 9.17) is 4.74 Å². The second-order valence-electron chi connectivity index (χ2n) is 5.80. The first-order chi connectivity index (χ1) is 11.7. The number of benzene rings is 2. The molecule has 0 atom stereocenters.